The maximum atomic E-state index is 10.1. The predicted octanol–water partition coefficient (Wildman–Crippen LogP) is 1.42. The van der Waals surface area contributed by atoms with Crippen molar-refractivity contribution in [2.75, 3.05) is 19.6 Å². The van der Waals surface area contributed by atoms with Gasteiger partial charge in [-0.05, 0) is 38.3 Å². The first-order chi connectivity index (χ1) is 6.79. The van der Waals surface area contributed by atoms with Crippen molar-refractivity contribution in [3.05, 3.63) is 0 Å². The van der Waals surface area contributed by atoms with E-state index in [-0.39, 0.29) is 0 Å². The van der Waals surface area contributed by atoms with E-state index >= 15 is 0 Å². The number of rotatable bonds is 5. The van der Waals surface area contributed by atoms with Crippen LogP contribution >= 0.6 is 0 Å². The van der Waals surface area contributed by atoms with Gasteiger partial charge in [-0.25, -0.2) is 4.79 Å². The number of carbonyl (C=O) groups is 1. The maximum absolute atomic E-state index is 10.1. The van der Waals surface area contributed by atoms with Crippen molar-refractivity contribution in [3.8, 4) is 0 Å². The monoisotopic (exact) mass is 200 g/mol. The molecule has 1 amide bonds. The molecule has 0 aromatic rings. The minimum absolute atomic E-state index is 0.598. The molecule has 82 valence electrons. The van der Waals surface area contributed by atoms with E-state index in [1.165, 1.54) is 19.3 Å². The summed E-state index contributed by atoms with van der Waals surface area (Å²) in [6.45, 7) is 2.90. The van der Waals surface area contributed by atoms with Crippen molar-refractivity contribution >= 4 is 6.09 Å². The van der Waals surface area contributed by atoms with Gasteiger partial charge in [0.25, 0.3) is 0 Å². The van der Waals surface area contributed by atoms with Crippen LogP contribution in [0.15, 0.2) is 0 Å². The van der Waals surface area contributed by atoms with Gasteiger partial charge in [-0.15, -0.1) is 0 Å². The smallest absolute Gasteiger partial charge is 0.404 e. The van der Waals surface area contributed by atoms with E-state index in [9.17, 15) is 4.79 Å². The summed E-state index contributed by atoms with van der Waals surface area (Å²) >= 11 is 0. The van der Waals surface area contributed by atoms with Crippen LogP contribution in [0.4, 0.5) is 4.79 Å². The molecule has 1 heterocycles. The minimum Gasteiger partial charge on any atom is -0.465 e. The molecule has 1 aliphatic heterocycles. The summed E-state index contributed by atoms with van der Waals surface area (Å²) in [4.78, 5) is 10.1. The molecule has 1 aliphatic rings. The van der Waals surface area contributed by atoms with E-state index < -0.39 is 6.09 Å². The quantitative estimate of drug-likeness (QED) is 0.588. The van der Waals surface area contributed by atoms with Crippen LogP contribution in [0.2, 0.25) is 0 Å². The molecule has 4 nitrogen and oxygen atoms in total. The Bertz CT molecular complexity index is 168. The van der Waals surface area contributed by atoms with Gasteiger partial charge in [-0.1, -0.05) is 12.8 Å². The molecule has 0 saturated carbocycles. The summed E-state index contributed by atoms with van der Waals surface area (Å²) in [5.74, 6) is 0.862. The fourth-order valence-corrected chi connectivity index (χ4v) is 1.92. The SMILES string of the molecule is O=C(O)NCCCCC1CCNCC1. The Morgan fingerprint density at radius 1 is 1.36 bits per heavy atom. The second-order valence-corrected chi connectivity index (χ2v) is 3.92. The first-order valence-electron chi connectivity index (χ1n) is 5.46. The van der Waals surface area contributed by atoms with Crippen molar-refractivity contribution < 1.29 is 9.90 Å². The lowest BCUT2D eigenvalue weighted by Crippen LogP contribution is -2.28. The molecular weight excluding hydrogens is 180 g/mol. The van der Waals surface area contributed by atoms with Gasteiger partial charge in [-0.2, -0.15) is 0 Å². The fourth-order valence-electron chi connectivity index (χ4n) is 1.92. The van der Waals surface area contributed by atoms with Crippen LogP contribution < -0.4 is 10.6 Å². The van der Waals surface area contributed by atoms with Crippen LogP contribution in [0.25, 0.3) is 0 Å². The van der Waals surface area contributed by atoms with Crippen molar-refractivity contribution in [1.29, 1.82) is 0 Å². The highest BCUT2D eigenvalue weighted by Gasteiger charge is 2.11. The number of hydrogen-bond donors (Lipinski definition) is 3. The van der Waals surface area contributed by atoms with Crippen LogP contribution in [-0.4, -0.2) is 30.8 Å². The zero-order chi connectivity index (χ0) is 10.2. The number of nitrogens with one attached hydrogen (secondary N) is 2. The van der Waals surface area contributed by atoms with Gasteiger partial charge < -0.3 is 15.7 Å². The van der Waals surface area contributed by atoms with Crippen LogP contribution in [0.3, 0.4) is 0 Å². The van der Waals surface area contributed by atoms with Crippen molar-refractivity contribution in [2.45, 2.75) is 32.1 Å². The molecule has 14 heavy (non-hydrogen) atoms. The molecule has 0 atom stereocenters. The van der Waals surface area contributed by atoms with E-state index in [0.29, 0.717) is 6.54 Å². The summed E-state index contributed by atoms with van der Waals surface area (Å²) in [6.07, 6.45) is 5.02. The van der Waals surface area contributed by atoms with Crippen LogP contribution in [0.1, 0.15) is 32.1 Å². The molecule has 1 rings (SSSR count). The standard InChI is InChI=1S/C10H20N2O2/c13-10(14)12-6-2-1-3-9-4-7-11-8-5-9/h9,11-12H,1-8H2,(H,13,14). The lowest BCUT2D eigenvalue weighted by atomic mass is 9.92. The highest BCUT2D eigenvalue weighted by Crippen LogP contribution is 2.18. The van der Waals surface area contributed by atoms with E-state index in [0.717, 1.165) is 31.8 Å². The highest BCUT2D eigenvalue weighted by atomic mass is 16.4. The molecular formula is C10H20N2O2. The highest BCUT2D eigenvalue weighted by molar-refractivity contribution is 5.64. The third-order valence-corrected chi connectivity index (χ3v) is 2.77. The van der Waals surface area contributed by atoms with Crippen LogP contribution in [0.5, 0.6) is 0 Å². The Hall–Kier alpha value is -0.770. The van der Waals surface area contributed by atoms with Gasteiger partial charge in [0.15, 0.2) is 0 Å². The fraction of sp³-hybridized carbons (Fsp3) is 0.900. The minimum atomic E-state index is -0.910. The summed E-state index contributed by atoms with van der Waals surface area (Å²) in [5, 5.41) is 14.1. The summed E-state index contributed by atoms with van der Waals surface area (Å²) < 4.78 is 0. The predicted molar refractivity (Wildman–Crippen MR) is 55.5 cm³/mol. The molecule has 1 saturated heterocycles. The topological polar surface area (TPSA) is 61.4 Å². The number of carboxylic acid groups (broad SMARTS) is 1. The van der Waals surface area contributed by atoms with Gasteiger partial charge in [0.2, 0.25) is 0 Å². The number of amides is 1. The number of piperidine rings is 1. The third kappa shape index (κ3) is 5.07. The van der Waals surface area contributed by atoms with Crippen molar-refractivity contribution in [1.82, 2.24) is 10.6 Å². The summed E-state index contributed by atoms with van der Waals surface area (Å²) in [5.41, 5.74) is 0. The molecule has 0 aliphatic carbocycles. The molecule has 0 aromatic heterocycles. The van der Waals surface area contributed by atoms with E-state index in [1.54, 1.807) is 0 Å². The largest absolute Gasteiger partial charge is 0.465 e. The zero-order valence-corrected chi connectivity index (χ0v) is 8.59. The molecule has 3 N–H and O–H groups in total. The third-order valence-electron chi connectivity index (χ3n) is 2.77. The molecule has 0 spiro atoms. The van der Waals surface area contributed by atoms with Crippen LogP contribution in [-0.2, 0) is 0 Å². The lowest BCUT2D eigenvalue weighted by Gasteiger charge is -2.22. The van der Waals surface area contributed by atoms with Gasteiger partial charge in [0.1, 0.15) is 0 Å². The number of hydrogen-bond acceptors (Lipinski definition) is 2. The lowest BCUT2D eigenvalue weighted by molar-refractivity contribution is 0.194. The Morgan fingerprint density at radius 2 is 2.07 bits per heavy atom. The normalized spacial score (nSPS) is 18.0. The van der Waals surface area contributed by atoms with Crippen molar-refractivity contribution in [3.63, 3.8) is 0 Å². The number of unbranched alkanes of at least 4 members (excludes halogenated alkanes) is 1. The van der Waals surface area contributed by atoms with Crippen molar-refractivity contribution in [2.24, 2.45) is 5.92 Å². The summed E-state index contributed by atoms with van der Waals surface area (Å²) in [7, 11) is 0. The Balaban J connectivity index is 1.90. The Morgan fingerprint density at radius 3 is 2.71 bits per heavy atom. The second kappa shape index (κ2) is 6.65. The van der Waals surface area contributed by atoms with Gasteiger partial charge in [-0.3, -0.25) is 0 Å². The average Bonchev–Trinajstić information content (AvgIpc) is 2.18. The first kappa shape index (κ1) is 11.3. The Kier molecular flexibility index (Phi) is 5.37. The Labute approximate surface area is 85.1 Å². The molecule has 0 bridgehead atoms. The van der Waals surface area contributed by atoms with Gasteiger partial charge in [0, 0.05) is 6.54 Å². The maximum Gasteiger partial charge on any atom is 0.404 e. The molecule has 0 radical (unpaired) electrons. The van der Waals surface area contributed by atoms with E-state index in [1.807, 2.05) is 0 Å². The average molecular weight is 200 g/mol. The first-order valence-corrected chi connectivity index (χ1v) is 5.46. The second-order valence-electron chi connectivity index (χ2n) is 3.92. The zero-order valence-electron chi connectivity index (χ0n) is 8.59. The van der Waals surface area contributed by atoms with E-state index in [4.69, 9.17) is 5.11 Å². The van der Waals surface area contributed by atoms with Gasteiger partial charge in [0.05, 0.1) is 0 Å². The molecule has 1 fully saturated rings. The molecule has 4 heteroatoms. The summed E-state index contributed by atoms with van der Waals surface area (Å²) in [6, 6.07) is 0. The molecule has 0 unspecified atom stereocenters. The molecule has 0 aromatic carbocycles. The van der Waals surface area contributed by atoms with E-state index in [2.05, 4.69) is 10.6 Å². The van der Waals surface area contributed by atoms with Gasteiger partial charge >= 0.3 is 6.09 Å². The van der Waals surface area contributed by atoms with Crippen LogP contribution in [0, 0.1) is 5.92 Å².